The van der Waals surface area contributed by atoms with Crippen molar-refractivity contribution < 1.29 is 0 Å². The van der Waals surface area contributed by atoms with E-state index < -0.39 is 0 Å². The van der Waals surface area contributed by atoms with Crippen molar-refractivity contribution in [1.82, 2.24) is 15.1 Å². The predicted octanol–water partition coefficient (Wildman–Crippen LogP) is 11.1. The average molecular weight is 753 g/mol. The number of likely N-dealkylation sites (tertiary alicyclic amines) is 2. The van der Waals surface area contributed by atoms with E-state index in [0.29, 0.717) is 65.7 Å². The van der Waals surface area contributed by atoms with Gasteiger partial charge in [0.25, 0.3) is 0 Å². The quantitative estimate of drug-likeness (QED) is 0.182. The average Bonchev–Trinajstić information content (AvgIpc) is 3.78. The second-order valence-electron chi connectivity index (χ2n) is 19.7. The summed E-state index contributed by atoms with van der Waals surface area (Å²) >= 11 is 0. The normalized spacial score (nSPS) is 39.4. The molecule has 2 heterocycles. The van der Waals surface area contributed by atoms with Gasteiger partial charge in [0, 0.05) is 77.5 Å². The SMILES string of the molecule is CCC(NC(N)C1C=CCC(N2C3CCC=CC3C3C=C(C4C=C5C(=CC4)N(C4CCCCC4)C4CCC=CC54)CCC32)C1)C1=CCC(C2=CCCCC2)C=C1. The highest BCUT2D eigenvalue weighted by atomic mass is 15.3. The van der Waals surface area contributed by atoms with E-state index in [4.69, 9.17) is 5.73 Å². The lowest BCUT2D eigenvalue weighted by molar-refractivity contribution is 0.0841. The van der Waals surface area contributed by atoms with Crippen LogP contribution in [0.3, 0.4) is 0 Å². The maximum atomic E-state index is 7.15. The van der Waals surface area contributed by atoms with Crippen molar-refractivity contribution in [2.24, 2.45) is 41.2 Å². The maximum absolute atomic E-state index is 7.15. The molecule has 2 aliphatic heterocycles. The first-order valence-electron chi connectivity index (χ1n) is 23.9. The fraction of sp³-hybridized carbons (Fsp3) is 0.654. The second kappa shape index (κ2) is 16.5. The fourth-order valence-corrected chi connectivity index (χ4v) is 13.9. The third kappa shape index (κ3) is 7.10. The van der Waals surface area contributed by atoms with Crippen molar-refractivity contribution in [3.63, 3.8) is 0 Å². The lowest BCUT2D eigenvalue weighted by Crippen LogP contribution is -2.53. The van der Waals surface area contributed by atoms with Crippen molar-refractivity contribution in [1.29, 1.82) is 0 Å². The van der Waals surface area contributed by atoms with E-state index in [-0.39, 0.29) is 6.17 Å². The summed E-state index contributed by atoms with van der Waals surface area (Å²) in [7, 11) is 0. The van der Waals surface area contributed by atoms with E-state index in [1.54, 1.807) is 22.4 Å². The van der Waals surface area contributed by atoms with Gasteiger partial charge in [-0.05, 0) is 120 Å². The Labute approximate surface area is 339 Å². The number of nitrogens with one attached hydrogen (secondary N) is 1. The smallest absolute Gasteiger partial charge is 0.0616 e. The summed E-state index contributed by atoms with van der Waals surface area (Å²) in [6.07, 6.45) is 59.3. The number of nitrogens with zero attached hydrogens (tertiary/aromatic N) is 2. The molecule has 0 aromatic rings. The standard InChI is InChI=1S/C52H72N4/c1-2-47(37-26-24-36(25-27-37)35-14-5-3-6-15-35)54-52(53)40-16-13-19-42(32-40)56-49-23-12-10-21-44(49)46-34-39(29-31-51(46)56)38-28-30-50-45(33-38)43-20-9-11-22-48(43)55(50)41-17-7-4-8-18-41/h9-10,13-14,16,20-21,24,26-27,30,33-34,36,38,40-44,46-49,51-52,54H,2-8,11-12,15,17-19,22-23,25,28-29,31-32,53H2,1H3. The van der Waals surface area contributed by atoms with Crippen LogP contribution in [0.1, 0.15) is 135 Å². The lowest BCUT2D eigenvalue weighted by atomic mass is 9.73. The minimum atomic E-state index is -0.0223. The van der Waals surface area contributed by atoms with Gasteiger partial charge >= 0.3 is 0 Å². The second-order valence-corrected chi connectivity index (χ2v) is 19.7. The van der Waals surface area contributed by atoms with Crippen molar-refractivity contribution in [2.75, 3.05) is 0 Å². The van der Waals surface area contributed by atoms with E-state index in [1.807, 2.05) is 0 Å². The Morgan fingerprint density at radius 1 is 0.696 bits per heavy atom. The van der Waals surface area contributed by atoms with E-state index in [9.17, 15) is 0 Å². The summed E-state index contributed by atoms with van der Waals surface area (Å²) in [5.41, 5.74) is 15.3. The molecule has 10 rings (SSSR count). The highest BCUT2D eigenvalue weighted by Gasteiger charge is 2.52. The predicted molar refractivity (Wildman–Crippen MR) is 233 cm³/mol. The molecule has 4 heteroatoms. The third-order valence-corrected chi connectivity index (χ3v) is 16.6. The Kier molecular flexibility index (Phi) is 11.1. The monoisotopic (exact) mass is 753 g/mol. The van der Waals surface area contributed by atoms with Gasteiger partial charge < -0.3 is 10.6 Å². The first kappa shape index (κ1) is 37.6. The molecule has 3 N–H and O–H groups in total. The van der Waals surface area contributed by atoms with Crippen molar-refractivity contribution >= 4 is 0 Å². The molecule has 3 fully saturated rings. The zero-order chi connectivity index (χ0) is 37.6. The Morgan fingerprint density at radius 3 is 2.36 bits per heavy atom. The summed E-state index contributed by atoms with van der Waals surface area (Å²) in [5.74, 6) is 3.47. The van der Waals surface area contributed by atoms with Crippen LogP contribution in [0.2, 0.25) is 0 Å². The number of fused-ring (bicyclic) bond motifs is 6. The summed E-state index contributed by atoms with van der Waals surface area (Å²) < 4.78 is 0. The van der Waals surface area contributed by atoms with Crippen molar-refractivity contribution in [2.45, 2.75) is 178 Å². The summed E-state index contributed by atoms with van der Waals surface area (Å²) in [6.45, 7) is 2.32. The molecule has 8 aliphatic carbocycles. The molecule has 0 radical (unpaired) electrons. The molecule has 0 bridgehead atoms. The van der Waals surface area contributed by atoms with Gasteiger partial charge in [-0.15, -0.1) is 0 Å². The zero-order valence-electron chi connectivity index (χ0n) is 34.6. The summed E-state index contributed by atoms with van der Waals surface area (Å²) in [5, 5.41) is 3.96. The molecule has 0 amide bonds. The van der Waals surface area contributed by atoms with Gasteiger partial charge in [-0.3, -0.25) is 10.2 Å². The van der Waals surface area contributed by atoms with Gasteiger partial charge in [-0.25, -0.2) is 0 Å². The van der Waals surface area contributed by atoms with Crippen LogP contribution in [0.15, 0.2) is 107 Å². The number of nitrogens with two attached hydrogens (primary N) is 1. The van der Waals surface area contributed by atoms with Gasteiger partial charge in [-0.2, -0.15) is 0 Å². The van der Waals surface area contributed by atoms with Crippen LogP contribution in [0, 0.1) is 35.5 Å². The molecule has 2 saturated heterocycles. The van der Waals surface area contributed by atoms with E-state index in [2.05, 4.69) is 101 Å². The largest absolute Gasteiger partial charge is 0.365 e. The van der Waals surface area contributed by atoms with Crippen LogP contribution in [-0.2, 0) is 0 Å². The summed E-state index contributed by atoms with van der Waals surface area (Å²) in [4.78, 5) is 6.03. The van der Waals surface area contributed by atoms with Crippen LogP contribution in [0.25, 0.3) is 0 Å². The maximum Gasteiger partial charge on any atom is 0.0616 e. The van der Waals surface area contributed by atoms with Crippen LogP contribution in [0.5, 0.6) is 0 Å². The molecule has 12 unspecified atom stereocenters. The summed E-state index contributed by atoms with van der Waals surface area (Å²) in [6, 6.07) is 3.70. The number of hydrogen-bond acceptors (Lipinski definition) is 4. The molecule has 12 atom stereocenters. The van der Waals surface area contributed by atoms with E-state index in [0.717, 1.165) is 18.9 Å². The molecular weight excluding hydrogens is 681 g/mol. The third-order valence-electron chi connectivity index (χ3n) is 16.6. The zero-order valence-corrected chi connectivity index (χ0v) is 34.6. The highest BCUT2D eigenvalue weighted by molar-refractivity contribution is 5.47. The van der Waals surface area contributed by atoms with Crippen molar-refractivity contribution in [3.05, 3.63) is 107 Å². The molecule has 0 spiro atoms. The highest BCUT2D eigenvalue weighted by Crippen LogP contribution is 2.53. The first-order chi connectivity index (χ1) is 27.6. The Morgan fingerprint density at radius 2 is 1.54 bits per heavy atom. The molecule has 0 aromatic carbocycles. The van der Waals surface area contributed by atoms with Crippen molar-refractivity contribution in [3.8, 4) is 0 Å². The Hall–Kier alpha value is -2.66. The van der Waals surface area contributed by atoms with Gasteiger partial charge in [0.15, 0.2) is 0 Å². The molecule has 1 saturated carbocycles. The van der Waals surface area contributed by atoms with Crippen LogP contribution in [0.4, 0.5) is 0 Å². The number of allylic oxidation sites excluding steroid dienone is 10. The van der Waals surface area contributed by atoms with Crippen LogP contribution in [-0.4, -0.2) is 52.2 Å². The fourth-order valence-electron chi connectivity index (χ4n) is 13.9. The topological polar surface area (TPSA) is 44.5 Å². The van der Waals surface area contributed by atoms with Crippen LogP contribution >= 0.6 is 0 Å². The lowest BCUT2D eigenvalue weighted by Gasteiger charge is -2.43. The van der Waals surface area contributed by atoms with Gasteiger partial charge in [0.1, 0.15) is 0 Å². The Balaban J connectivity index is 0.826. The van der Waals surface area contributed by atoms with Gasteiger partial charge in [0.2, 0.25) is 0 Å². The van der Waals surface area contributed by atoms with Crippen LogP contribution < -0.4 is 11.1 Å². The molecule has 56 heavy (non-hydrogen) atoms. The molecular formula is C52H72N4. The van der Waals surface area contributed by atoms with Gasteiger partial charge in [-0.1, -0.05) is 116 Å². The molecule has 10 aliphatic rings. The number of rotatable bonds is 9. The van der Waals surface area contributed by atoms with Gasteiger partial charge in [0.05, 0.1) is 6.17 Å². The molecule has 4 nitrogen and oxygen atoms in total. The Bertz CT molecular complexity index is 1730. The molecule has 300 valence electrons. The van der Waals surface area contributed by atoms with E-state index >= 15 is 0 Å². The molecule has 0 aromatic heterocycles. The minimum Gasteiger partial charge on any atom is -0.365 e. The van der Waals surface area contributed by atoms with E-state index in [1.165, 1.54) is 121 Å². The minimum absolute atomic E-state index is 0.0223. The first-order valence-corrected chi connectivity index (χ1v) is 23.9. The number of hydrogen-bond donors (Lipinski definition) is 2.